The van der Waals surface area contributed by atoms with Crippen LogP contribution in [0, 0.1) is 0 Å². The van der Waals surface area contributed by atoms with Gasteiger partial charge in [0.25, 0.3) is 0 Å². The van der Waals surface area contributed by atoms with Gasteiger partial charge in [-0.1, -0.05) is 31.2 Å². The number of aromatic amines is 1. The standard InChI is InChI=1S/C29H30N6O4/c1-15-11-22(36)39-19-10-9-18(12-19)35-26-21(34(3)29(35)37)13-30-27-24(26)23(17-7-5-16(15)6-8-17)25(31-27)20-14-33(2)32-28(20)38-4/h5-8,13-15,18-19H,9-12H2,1-4H3,(H,30,31)/t15-,18+,19+/m1/s1. The van der Waals surface area contributed by atoms with Crippen LogP contribution in [0.2, 0.25) is 0 Å². The van der Waals surface area contributed by atoms with Crippen molar-refractivity contribution in [1.82, 2.24) is 28.9 Å². The number of esters is 1. The summed E-state index contributed by atoms with van der Waals surface area (Å²) in [5, 5.41) is 5.37. The average molecular weight is 527 g/mol. The molecule has 0 spiro atoms. The molecular formula is C29H30N6O4. The van der Waals surface area contributed by atoms with E-state index < -0.39 is 0 Å². The molecule has 3 aliphatic rings. The molecular weight excluding hydrogens is 496 g/mol. The fourth-order valence-corrected chi connectivity index (χ4v) is 6.44. The van der Waals surface area contributed by atoms with E-state index in [0.29, 0.717) is 24.4 Å². The number of fused-ring (bicyclic) bond motifs is 5. The zero-order valence-corrected chi connectivity index (χ0v) is 22.4. The van der Waals surface area contributed by atoms with E-state index in [-0.39, 0.29) is 29.7 Å². The number of aryl methyl sites for hydroxylation is 2. The maximum atomic E-state index is 13.7. The number of carbonyl (C=O) groups is 1. The van der Waals surface area contributed by atoms with Crippen molar-refractivity contribution in [3.8, 4) is 28.3 Å². The molecule has 0 saturated heterocycles. The van der Waals surface area contributed by atoms with E-state index in [4.69, 9.17) is 14.5 Å². The molecule has 4 bridgehead atoms. The Hall–Kier alpha value is -4.34. The molecule has 4 aromatic heterocycles. The summed E-state index contributed by atoms with van der Waals surface area (Å²) in [5.74, 6) is 0.322. The fourth-order valence-electron chi connectivity index (χ4n) is 6.44. The molecule has 3 atom stereocenters. The smallest absolute Gasteiger partial charge is 0.329 e. The van der Waals surface area contributed by atoms with E-state index in [1.54, 1.807) is 29.6 Å². The van der Waals surface area contributed by atoms with Gasteiger partial charge in [-0.25, -0.2) is 9.78 Å². The summed E-state index contributed by atoms with van der Waals surface area (Å²) in [7, 11) is 5.25. The first-order valence-electron chi connectivity index (χ1n) is 13.3. The Bertz CT molecular complexity index is 1820. The minimum atomic E-state index is -0.206. The molecule has 10 nitrogen and oxygen atoms in total. The van der Waals surface area contributed by atoms with Gasteiger partial charge in [-0.3, -0.25) is 18.6 Å². The highest BCUT2D eigenvalue weighted by molar-refractivity contribution is 6.14. The van der Waals surface area contributed by atoms with Crippen LogP contribution in [0.15, 0.2) is 41.5 Å². The minimum absolute atomic E-state index is 0.0178. The zero-order chi connectivity index (χ0) is 27.0. The van der Waals surface area contributed by atoms with E-state index >= 15 is 0 Å². The second kappa shape index (κ2) is 8.59. The lowest BCUT2D eigenvalue weighted by Gasteiger charge is -2.16. The minimum Gasteiger partial charge on any atom is -0.479 e. The highest BCUT2D eigenvalue weighted by Gasteiger charge is 2.34. The van der Waals surface area contributed by atoms with Gasteiger partial charge in [-0.05, 0) is 29.9 Å². The van der Waals surface area contributed by atoms with Gasteiger partial charge in [-0.15, -0.1) is 5.10 Å². The summed E-state index contributed by atoms with van der Waals surface area (Å²) < 4.78 is 16.8. The van der Waals surface area contributed by atoms with Crippen LogP contribution in [0.3, 0.4) is 0 Å². The molecule has 0 amide bonds. The molecule has 8 rings (SSSR count). The Morgan fingerprint density at radius 1 is 1.13 bits per heavy atom. The fraction of sp³-hybridized carbons (Fsp3) is 0.379. The Kier molecular flexibility index (Phi) is 5.23. The lowest BCUT2D eigenvalue weighted by molar-refractivity contribution is -0.149. The third-order valence-electron chi connectivity index (χ3n) is 8.39. The molecule has 200 valence electrons. The highest BCUT2D eigenvalue weighted by atomic mass is 16.5. The van der Waals surface area contributed by atoms with Crippen molar-refractivity contribution in [1.29, 1.82) is 0 Å². The first kappa shape index (κ1) is 23.8. The van der Waals surface area contributed by atoms with Crippen molar-refractivity contribution in [2.75, 3.05) is 7.11 Å². The Labute approximate surface area is 224 Å². The van der Waals surface area contributed by atoms with Crippen molar-refractivity contribution >= 4 is 28.0 Å². The van der Waals surface area contributed by atoms with Crippen LogP contribution in [0.1, 0.15) is 50.1 Å². The second-order valence-corrected chi connectivity index (χ2v) is 10.8. The zero-order valence-electron chi connectivity index (χ0n) is 22.4. The number of ether oxygens (including phenoxy) is 2. The molecule has 1 N–H and O–H groups in total. The van der Waals surface area contributed by atoms with Gasteiger partial charge in [0.1, 0.15) is 11.8 Å². The van der Waals surface area contributed by atoms with Crippen molar-refractivity contribution in [3.05, 3.63) is 52.7 Å². The Morgan fingerprint density at radius 3 is 2.69 bits per heavy atom. The third kappa shape index (κ3) is 3.54. The number of H-pyrrole nitrogens is 1. The van der Waals surface area contributed by atoms with E-state index in [1.807, 2.05) is 24.7 Å². The molecule has 5 aromatic rings. The molecule has 1 aromatic carbocycles. The predicted molar refractivity (Wildman–Crippen MR) is 147 cm³/mol. The number of aromatic nitrogens is 6. The van der Waals surface area contributed by atoms with Gasteiger partial charge in [-0.2, -0.15) is 0 Å². The van der Waals surface area contributed by atoms with Gasteiger partial charge in [0.15, 0.2) is 0 Å². The van der Waals surface area contributed by atoms with Crippen LogP contribution >= 0.6 is 0 Å². The third-order valence-corrected chi connectivity index (χ3v) is 8.39. The van der Waals surface area contributed by atoms with Crippen molar-refractivity contribution < 1.29 is 14.3 Å². The van der Waals surface area contributed by atoms with Gasteiger partial charge < -0.3 is 14.5 Å². The maximum Gasteiger partial charge on any atom is 0.329 e. The summed E-state index contributed by atoms with van der Waals surface area (Å²) in [6.45, 7) is 2.05. The number of hydrogen-bond acceptors (Lipinski definition) is 6. The molecule has 1 saturated carbocycles. The maximum absolute atomic E-state index is 13.7. The SMILES string of the molecule is COc1nn(C)cc1-c1[nH]c2ncc3c4c2c1-c1ccc(cc1)[C@H](C)CC(=O)O[C@H]1CC[C@@H](C1)n4c(=O)n3C. The summed E-state index contributed by atoms with van der Waals surface area (Å²) in [4.78, 5) is 34.9. The van der Waals surface area contributed by atoms with E-state index in [0.717, 1.165) is 57.2 Å². The van der Waals surface area contributed by atoms with Crippen molar-refractivity contribution in [3.63, 3.8) is 0 Å². The molecule has 6 heterocycles. The van der Waals surface area contributed by atoms with Crippen LogP contribution in [0.5, 0.6) is 5.88 Å². The highest BCUT2D eigenvalue weighted by Crippen LogP contribution is 2.45. The number of rotatable bonds is 2. The Balaban J connectivity index is 1.61. The lowest BCUT2D eigenvalue weighted by atomic mass is 9.93. The summed E-state index contributed by atoms with van der Waals surface area (Å²) in [5.41, 5.74) is 6.77. The summed E-state index contributed by atoms with van der Waals surface area (Å²) in [6, 6.07) is 8.18. The molecule has 39 heavy (non-hydrogen) atoms. The Morgan fingerprint density at radius 2 is 1.92 bits per heavy atom. The number of nitrogens with one attached hydrogen (secondary N) is 1. The second-order valence-electron chi connectivity index (χ2n) is 10.8. The molecule has 0 radical (unpaired) electrons. The number of imidazole rings is 1. The summed E-state index contributed by atoms with van der Waals surface area (Å²) >= 11 is 0. The van der Waals surface area contributed by atoms with Gasteiger partial charge >= 0.3 is 11.7 Å². The molecule has 1 fully saturated rings. The van der Waals surface area contributed by atoms with Crippen molar-refractivity contribution in [2.24, 2.45) is 14.1 Å². The normalized spacial score (nSPS) is 21.0. The van der Waals surface area contributed by atoms with Crippen molar-refractivity contribution in [2.45, 2.75) is 50.7 Å². The largest absolute Gasteiger partial charge is 0.479 e. The number of methoxy groups -OCH3 is 1. The molecule has 1 aliphatic carbocycles. The average Bonchev–Trinajstić information content (AvgIpc) is 3.68. The van der Waals surface area contributed by atoms with Crippen LogP contribution < -0.4 is 10.4 Å². The van der Waals surface area contributed by atoms with E-state index in [2.05, 4.69) is 34.3 Å². The van der Waals surface area contributed by atoms with Gasteiger partial charge in [0.05, 0.1) is 47.4 Å². The lowest BCUT2D eigenvalue weighted by Crippen LogP contribution is -2.26. The first-order valence-corrected chi connectivity index (χ1v) is 13.3. The summed E-state index contributed by atoms with van der Waals surface area (Å²) in [6.07, 6.45) is 5.88. The van der Waals surface area contributed by atoms with E-state index in [1.165, 1.54) is 0 Å². The van der Waals surface area contributed by atoms with Crippen LogP contribution in [-0.4, -0.2) is 48.1 Å². The molecule has 0 unspecified atom stereocenters. The molecule has 10 heteroatoms. The number of benzene rings is 1. The number of nitrogens with zero attached hydrogens (tertiary/aromatic N) is 5. The number of pyridine rings is 1. The van der Waals surface area contributed by atoms with Crippen LogP contribution in [0.4, 0.5) is 0 Å². The number of carbonyl (C=O) groups excluding carboxylic acids is 1. The van der Waals surface area contributed by atoms with Gasteiger partial charge in [0.2, 0.25) is 5.88 Å². The first-order chi connectivity index (χ1) is 18.8. The van der Waals surface area contributed by atoms with Gasteiger partial charge in [0, 0.05) is 38.3 Å². The quantitative estimate of drug-likeness (QED) is 0.341. The predicted octanol–water partition coefficient (Wildman–Crippen LogP) is 4.44. The van der Waals surface area contributed by atoms with Crippen LogP contribution in [-0.2, 0) is 23.6 Å². The molecule has 2 aliphatic heterocycles. The topological polar surface area (TPSA) is 109 Å². The van der Waals surface area contributed by atoms with Crippen LogP contribution in [0.25, 0.3) is 44.5 Å². The monoisotopic (exact) mass is 526 g/mol. The number of hydrogen-bond donors (Lipinski definition) is 1. The van der Waals surface area contributed by atoms with E-state index in [9.17, 15) is 9.59 Å².